The van der Waals surface area contributed by atoms with Gasteiger partial charge in [0, 0.05) is 23.5 Å². The SMILES string of the molecule is CC(=O)NCCN=C(N)NC(C)c1ccc(Cl)cc1Cl.I. The summed E-state index contributed by atoms with van der Waals surface area (Å²) in [5, 5.41) is 6.83. The van der Waals surface area contributed by atoms with E-state index in [4.69, 9.17) is 28.9 Å². The van der Waals surface area contributed by atoms with Crippen molar-refractivity contribution in [1.82, 2.24) is 10.6 Å². The van der Waals surface area contributed by atoms with Crippen LogP contribution in [0.2, 0.25) is 10.0 Å². The third-order valence-corrected chi connectivity index (χ3v) is 3.12. The van der Waals surface area contributed by atoms with Crippen LogP contribution in [0.3, 0.4) is 0 Å². The van der Waals surface area contributed by atoms with Crippen molar-refractivity contribution in [1.29, 1.82) is 0 Å². The third kappa shape index (κ3) is 7.73. The summed E-state index contributed by atoms with van der Waals surface area (Å²) >= 11 is 12.0. The normalized spacial score (nSPS) is 12.3. The van der Waals surface area contributed by atoms with E-state index in [1.54, 1.807) is 12.1 Å². The van der Waals surface area contributed by atoms with Crippen LogP contribution in [0.1, 0.15) is 25.5 Å². The maximum absolute atomic E-state index is 10.7. The lowest BCUT2D eigenvalue weighted by atomic mass is 10.1. The van der Waals surface area contributed by atoms with Crippen molar-refractivity contribution >= 4 is 59.0 Å². The maximum atomic E-state index is 10.7. The lowest BCUT2D eigenvalue weighted by molar-refractivity contribution is -0.118. The highest BCUT2D eigenvalue weighted by atomic mass is 127. The van der Waals surface area contributed by atoms with Gasteiger partial charge >= 0.3 is 0 Å². The molecular weight excluding hydrogens is 426 g/mol. The molecule has 1 rings (SSSR count). The number of hydrogen-bond acceptors (Lipinski definition) is 2. The summed E-state index contributed by atoms with van der Waals surface area (Å²) in [6.07, 6.45) is 0. The molecule has 0 saturated carbocycles. The summed E-state index contributed by atoms with van der Waals surface area (Å²) in [4.78, 5) is 14.8. The van der Waals surface area contributed by atoms with Crippen molar-refractivity contribution in [2.24, 2.45) is 10.7 Å². The zero-order chi connectivity index (χ0) is 15.1. The Morgan fingerprint density at radius 3 is 2.67 bits per heavy atom. The van der Waals surface area contributed by atoms with Gasteiger partial charge < -0.3 is 16.4 Å². The second-order valence-electron chi connectivity index (χ2n) is 4.28. The van der Waals surface area contributed by atoms with Crippen LogP contribution in [0.5, 0.6) is 0 Å². The van der Waals surface area contributed by atoms with Gasteiger partial charge in [-0.05, 0) is 24.6 Å². The van der Waals surface area contributed by atoms with E-state index in [2.05, 4.69) is 15.6 Å². The first-order valence-corrected chi connectivity index (χ1v) is 6.91. The van der Waals surface area contributed by atoms with Crippen LogP contribution in [-0.2, 0) is 4.79 Å². The molecule has 8 heteroatoms. The topological polar surface area (TPSA) is 79.5 Å². The number of amides is 1. The summed E-state index contributed by atoms with van der Waals surface area (Å²) in [5.74, 6) is 0.210. The van der Waals surface area contributed by atoms with Crippen LogP contribution in [0.15, 0.2) is 23.2 Å². The molecule has 0 aromatic heterocycles. The Bertz CT molecular complexity index is 511. The summed E-state index contributed by atoms with van der Waals surface area (Å²) in [7, 11) is 0. The van der Waals surface area contributed by atoms with Crippen molar-refractivity contribution in [2.75, 3.05) is 13.1 Å². The van der Waals surface area contributed by atoms with Gasteiger partial charge in [0.05, 0.1) is 12.6 Å². The van der Waals surface area contributed by atoms with Gasteiger partial charge in [-0.2, -0.15) is 0 Å². The molecule has 0 fully saturated rings. The molecule has 0 heterocycles. The molecule has 0 aliphatic heterocycles. The second-order valence-corrected chi connectivity index (χ2v) is 5.13. The molecule has 0 aliphatic rings. The standard InChI is InChI=1S/C13H18Cl2N4O.HI/c1-8(11-4-3-10(14)7-12(11)15)19-13(16)18-6-5-17-9(2)20;/h3-4,7-8H,5-6H2,1-2H3,(H,17,20)(H3,16,18,19);1H. The molecule has 0 spiro atoms. The van der Waals surface area contributed by atoms with Gasteiger partial charge in [0.15, 0.2) is 5.96 Å². The van der Waals surface area contributed by atoms with E-state index in [9.17, 15) is 4.79 Å². The van der Waals surface area contributed by atoms with Crippen molar-refractivity contribution in [3.05, 3.63) is 33.8 Å². The molecule has 0 radical (unpaired) electrons. The average Bonchev–Trinajstić information content (AvgIpc) is 2.34. The fourth-order valence-electron chi connectivity index (χ4n) is 1.61. The van der Waals surface area contributed by atoms with E-state index in [0.717, 1.165) is 5.56 Å². The highest BCUT2D eigenvalue weighted by Crippen LogP contribution is 2.25. The van der Waals surface area contributed by atoms with Crippen LogP contribution in [-0.4, -0.2) is 25.0 Å². The molecule has 5 nitrogen and oxygen atoms in total. The Labute approximate surface area is 151 Å². The van der Waals surface area contributed by atoms with Gasteiger partial charge in [-0.3, -0.25) is 9.79 Å². The zero-order valence-corrected chi connectivity index (χ0v) is 15.7. The number of halogens is 3. The Kier molecular flexibility index (Phi) is 9.72. The van der Waals surface area contributed by atoms with Crippen molar-refractivity contribution < 1.29 is 4.79 Å². The minimum absolute atomic E-state index is 0. The smallest absolute Gasteiger partial charge is 0.216 e. The molecule has 1 amide bonds. The molecule has 118 valence electrons. The number of guanidine groups is 1. The number of carbonyl (C=O) groups is 1. The van der Waals surface area contributed by atoms with Gasteiger partial charge in [0.2, 0.25) is 5.91 Å². The van der Waals surface area contributed by atoms with E-state index in [0.29, 0.717) is 29.1 Å². The van der Waals surface area contributed by atoms with Crippen LogP contribution in [0, 0.1) is 0 Å². The average molecular weight is 445 g/mol. The fraction of sp³-hybridized carbons (Fsp3) is 0.385. The third-order valence-electron chi connectivity index (χ3n) is 2.56. The largest absolute Gasteiger partial charge is 0.370 e. The molecule has 1 unspecified atom stereocenters. The molecular formula is C13H19Cl2IN4O. The molecule has 1 aromatic rings. The first-order chi connectivity index (χ1) is 9.40. The summed E-state index contributed by atoms with van der Waals surface area (Å²) < 4.78 is 0. The number of nitrogens with two attached hydrogens (primary N) is 1. The van der Waals surface area contributed by atoms with Crippen LogP contribution < -0.4 is 16.4 Å². The number of aliphatic imine (C=N–C) groups is 1. The lowest BCUT2D eigenvalue weighted by Crippen LogP contribution is -2.35. The fourth-order valence-corrected chi connectivity index (χ4v) is 2.18. The summed E-state index contributed by atoms with van der Waals surface area (Å²) in [6.45, 7) is 4.24. The highest BCUT2D eigenvalue weighted by molar-refractivity contribution is 14.0. The maximum Gasteiger partial charge on any atom is 0.216 e. The zero-order valence-electron chi connectivity index (χ0n) is 11.8. The highest BCUT2D eigenvalue weighted by Gasteiger charge is 2.10. The Morgan fingerprint density at radius 1 is 1.43 bits per heavy atom. The van der Waals surface area contributed by atoms with Gasteiger partial charge in [-0.25, -0.2) is 0 Å². The van der Waals surface area contributed by atoms with Crippen LogP contribution in [0.25, 0.3) is 0 Å². The van der Waals surface area contributed by atoms with E-state index in [-0.39, 0.29) is 35.9 Å². The first kappa shape index (κ1) is 20.3. The monoisotopic (exact) mass is 444 g/mol. The predicted octanol–water partition coefficient (Wildman–Crippen LogP) is 2.71. The van der Waals surface area contributed by atoms with E-state index < -0.39 is 0 Å². The molecule has 1 atom stereocenters. The van der Waals surface area contributed by atoms with Gasteiger partial charge in [0.1, 0.15) is 0 Å². The predicted molar refractivity (Wildman–Crippen MR) is 98.6 cm³/mol. The molecule has 4 N–H and O–H groups in total. The Balaban J connectivity index is 0.00000400. The quantitative estimate of drug-likeness (QED) is 0.282. The number of nitrogens with zero attached hydrogens (tertiary/aromatic N) is 1. The molecule has 21 heavy (non-hydrogen) atoms. The lowest BCUT2D eigenvalue weighted by Gasteiger charge is -2.16. The Hall–Kier alpha value is -0.730. The van der Waals surface area contributed by atoms with E-state index >= 15 is 0 Å². The number of hydrogen-bond donors (Lipinski definition) is 3. The number of nitrogens with one attached hydrogen (secondary N) is 2. The van der Waals surface area contributed by atoms with Gasteiger partial charge in [0.25, 0.3) is 0 Å². The molecule has 1 aromatic carbocycles. The summed E-state index contributed by atoms with van der Waals surface area (Å²) in [5.41, 5.74) is 6.65. The molecule has 0 aliphatic carbocycles. The molecule has 0 bridgehead atoms. The van der Waals surface area contributed by atoms with Crippen LogP contribution in [0.4, 0.5) is 0 Å². The van der Waals surface area contributed by atoms with Crippen LogP contribution >= 0.6 is 47.2 Å². The van der Waals surface area contributed by atoms with Gasteiger partial charge in [-0.1, -0.05) is 29.3 Å². The van der Waals surface area contributed by atoms with Crippen molar-refractivity contribution in [3.63, 3.8) is 0 Å². The second kappa shape index (κ2) is 10.1. The number of rotatable bonds is 5. The Morgan fingerprint density at radius 2 is 2.10 bits per heavy atom. The number of carbonyl (C=O) groups excluding carboxylic acids is 1. The number of benzene rings is 1. The van der Waals surface area contributed by atoms with Crippen molar-refractivity contribution in [3.8, 4) is 0 Å². The molecule has 0 saturated heterocycles. The minimum atomic E-state index is -0.0933. The van der Waals surface area contributed by atoms with Crippen molar-refractivity contribution in [2.45, 2.75) is 19.9 Å². The summed E-state index contributed by atoms with van der Waals surface area (Å²) in [6, 6.07) is 5.20. The van der Waals surface area contributed by atoms with E-state index in [1.165, 1.54) is 6.92 Å². The van der Waals surface area contributed by atoms with Gasteiger partial charge in [-0.15, -0.1) is 24.0 Å². The first-order valence-electron chi connectivity index (χ1n) is 6.16. The minimum Gasteiger partial charge on any atom is -0.370 e. The van der Waals surface area contributed by atoms with E-state index in [1.807, 2.05) is 13.0 Å².